The molecule has 0 aliphatic heterocycles. The molecule has 0 aliphatic carbocycles. The molecule has 0 radical (unpaired) electrons. The SMILES string of the molecule is CCc1c(C)nn(Cc2ccc(C(=O)NN)s2)c1C. The monoisotopic (exact) mass is 278 g/mol. The summed E-state index contributed by atoms with van der Waals surface area (Å²) in [5, 5.41) is 4.55. The second-order valence-electron chi connectivity index (χ2n) is 4.40. The molecule has 2 heterocycles. The number of nitrogens with zero attached hydrogens (tertiary/aromatic N) is 2. The summed E-state index contributed by atoms with van der Waals surface area (Å²) in [4.78, 5) is 13.1. The van der Waals surface area contributed by atoms with Crippen LogP contribution < -0.4 is 11.3 Å². The van der Waals surface area contributed by atoms with Crippen LogP contribution in [-0.2, 0) is 13.0 Å². The molecule has 6 heteroatoms. The lowest BCUT2D eigenvalue weighted by Gasteiger charge is -2.02. The Hall–Kier alpha value is -1.66. The summed E-state index contributed by atoms with van der Waals surface area (Å²) < 4.78 is 1.99. The molecule has 3 N–H and O–H groups in total. The number of nitrogen functional groups attached to an aromatic ring is 1. The summed E-state index contributed by atoms with van der Waals surface area (Å²) in [5.41, 5.74) is 5.72. The highest BCUT2D eigenvalue weighted by Crippen LogP contribution is 2.20. The van der Waals surface area contributed by atoms with Gasteiger partial charge in [0.15, 0.2) is 0 Å². The van der Waals surface area contributed by atoms with E-state index in [0.29, 0.717) is 11.4 Å². The van der Waals surface area contributed by atoms with Crippen LogP contribution in [0.1, 0.15) is 38.4 Å². The number of hydrogen-bond acceptors (Lipinski definition) is 4. The summed E-state index contributed by atoms with van der Waals surface area (Å²) in [6.07, 6.45) is 0.989. The van der Waals surface area contributed by atoms with Gasteiger partial charge in [0.05, 0.1) is 17.1 Å². The lowest BCUT2D eigenvalue weighted by molar-refractivity contribution is 0.0957. The van der Waals surface area contributed by atoms with Gasteiger partial charge in [-0.2, -0.15) is 5.10 Å². The minimum Gasteiger partial charge on any atom is -0.289 e. The minimum absolute atomic E-state index is 0.251. The van der Waals surface area contributed by atoms with Gasteiger partial charge in [-0.3, -0.25) is 14.9 Å². The van der Waals surface area contributed by atoms with Crippen LogP contribution >= 0.6 is 11.3 Å². The number of carbonyl (C=O) groups is 1. The molecule has 0 unspecified atom stereocenters. The van der Waals surface area contributed by atoms with Gasteiger partial charge in [0.2, 0.25) is 0 Å². The molecule has 102 valence electrons. The van der Waals surface area contributed by atoms with E-state index < -0.39 is 0 Å². The molecule has 2 rings (SSSR count). The zero-order valence-corrected chi connectivity index (χ0v) is 12.2. The summed E-state index contributed by atoms with van der Waals surface area (Å²) in [7, 11) is 0. The summed E-state index contributed by atoms with van der Waals surface area (Å²) in [6.45, 7) is 6.94. The Morgan fingerprint density at radius 1 is 1.47 bits per heavy atom. The first kappa shape index (κ1) is 13.8. The van der Waals surface area contributed by atoms with Gasteiger partial charge in [-0.25, -0.2) is 5.84 Å². The third-order valence-corrected chi connectivity index (χ3v) is 4.28. The molecule has 2 aromatic rings. The van der Waals surface area contributed by atoms with E-state index >= 15 is 0 Å². The van der Waals surface area contributed by atoms with Gasteiger partial charge in [-0.1, -0.05) is 6.92 Å². The number of aryl methyl sites for hydroxylation is 1. The van der Waals surface area contributed by atoms with Crippen LogP contribution in [0.5, 0.6) is 0 Å². The van der Waals surface area contributed by atoms with Gasteiger partial charge in [0.1, 0.15) is 0 Å². The maximum absolute atomic E-state index is 11.4. The van der Waals surface area contributed by atoms with Crippen LogP contribution in [-0.4, -0.2) is 15.7 Å². The molecule has 0 spiro atoms. The van der Waals surface area contributed by atoms with Crippen LogP contribution in [0.25, 0.3) is 0 Å². The fraction of sp³-hybridized carbons (Fsp3) is 0.385. The molecular weight excluding hydrogens is 260 g/mol. The number of nitrogens with two attached hydrogens (primary N) is 1. The Balaban J connectivity index is 2.22. The number of aromatic nitrogens is 2. The third kappa shape index (κ3) is 2.69. The van der Waals surface area contributed by atoms with E-state index in [1.165, 1.54) is 22.6 Å². The van der Waals surface area contributed by atoms with E-state index in [9.17, 15) is 4.79 Å². The van der Waals surface area contributed by atoms with Crippen LogP contribution in [0.4, 0.5) is 0 Å². The van der Waals surface area contributed by atoms with Gasteiger partial charge in [0.25, 0.3) is 5.91 Å². The van der Waals surface area contributed by atoms with Crippen molar-refractivity contribution < 1.29 is 4.79 Å². The highest BCUT2D eigenvalue weighted by atomic mass is 32.1. The highest BCUT2D eigenvalue weighted by Gasteiger charge is 2.12. The summed E-state index contributed by atoms with van der Waals surface area (Å²) in [6, 6.07) is 3.73. The Kier molecular flexibility index (Phi) is 4.01. The van der Waals surface area contributed by atoms with Crippen molar-refractivity contribution in [2.24, 2.45) is 5.84 Å². The average Bonchev–Trinajstić information content (AvgIpc) is 2.95. The molecule has 1 amide bonds. The number of nitrogens with one attached hydrogen (secondary N) is 1. The van der Waals surface area contributed by atoms with E-state index in [4.69, 9.17) is 5.84 Å². The number of carbonyl (C=O) groups excluding carboxylic acids is 1. The van der Waals surface area contributed by atoms with Crippen molar-refractivity contribution in [1.82, 2.24) is 15.2 Å². The van der Waals surface area contributed by atoms with Crippen LogP contribution in [0, 0.1) is 13.8 Å². The average molecular weight is 278 g/mol. The van der Waals surface area contributed by atoms with Crippen molar-refractivity contribution >= 4 is 17.2 Å². The molecule has 0 aromatic carbocycles. The first-order valence-electron chi connectivity index (χ1n) is 6.19. The predicted octanol–water partition coefficient (Wildman–Crippen LogP) is 1.78. The van der Waals surface area contributed by atoms with E-state index in [2.05, 4.69) is 24.4 Å². The zero-order chi connectivity index (χ0) is 14.0. The van der Waals surface area contributed by atoms with Crippen molar-refractivity contribution in [2.45, 2.75) is 33.7 Å². The maximum Gasteiger partial charge on any atom is 0.275 e. The van der Waals surface area contributed by atoms with E-state index in [0.717, 1.165) is 17.0 Å². The molecule has 0 aliphatic rings. The van der Waals surface area contributed by atoms with Crippen LogP contribution in [0.2, 0.25) is 0 Å². The standard InChI is InChI=1S/C13H18N4OS/c1-4-11-8(2)16-17(9(11)3)7-10-5-6-12(19-10)13(18)15-14/h5-6H,4,7,14H2,1-3H3,(H,15,18). The first-order chi connectivity index (χ1) is 9.06. The molecule has 2 aromatic heterocycles. The lowest BCUT2D eigenvalue weighted by atomic mass is 10.1. The van der Waals surface area contributed by atoms with E-state index in [1.54, 1.807) is 6.07 Å². The maximum atomic E-state index is 11.4. The van der Waals surface area contributed by atoms with E-state index in [1.807, 2.05) is 17.7 Å². The van der Waals surface area contributed by atoms with Gasteiger partial charge in [0, 0.05) is 10.6 Å². The number of hydrogen-bond donors (Lipinski definition) is 2. The second-order valence-corrected chi connectivity index (χ2v) is 5.57. The first-order valence-corrected chi connectivity index (χ1v) is 7.01. The van der Waals surface area contributed by atoms with Crippen molar-refractivity contribution in [3.63, 3.8) is 0 Å². The largest absolute Gasteiger partial charge is 0.289 e. The lowest BCUT2D eigenvalue weighted by Crippen LogP contribution is -2.29. The molecule has 5 nitrogen and oxygen atoms in total. The van der Waals surface area contributed by atoms with Gasteiger partial charge in [-0.15, -0.1) is 11.3 Å². The molecule has 0 fully saturated rings. The van der Waals surface area contributed by atoms with Gasteiger partial charge >= 0.3 is 0 Å². The smallest absolute Gasteiger partial charge is 0.275 e. The Morgan fingerprint density at radius 3 is 2.79 bits per heavy atom. The Labute approximate surface area is 116 Å². The van der Waals surface area contributed by atoms with Crippen molar-refractivity contribution in [2.75, 3.05) is 0 Å². The zero-order valence-electron chi connectivity index (χ0n) is 11.4. The molecule has 19 heavy (non-hydrogen) atoms. The van der Waals surface area contributed by atoms with Crippen molar-refractivity contribution in [3.8, 4) is 0 Å². The highest BCUT2D eigenvalue weighted by molar-refractivity contribution is 7.14. The molecule has 0 atom stereocenters. The molecule has 0 saturated heterocycles. The number of hydrazine groups is 1. The Bertz CT molecular complexity index is 600. The number of rotatable bonds is 4. The minimum atomic E-state index is -0.251. The Morgan fingerprint density at radius 2 is 2.21 bits per heavy atom. The topological polar surface area (TPSA) is 72.9 Å². The predicted molar refractivity (Wildman–Crippen MR) is 76.2 cm³/mol. The molecule has 0 bridgehead atoms. The number of thiophene rings is 1. The van der Waals surface area contributed by atoms with Gasteiger partial charge in [-0.05, 0) is 38.0 Å². The fourth-order valence-electron chi connectivity index (χ4n) is 2.20. The molecular formula is C13H18N4OS. The second kappa shape index (κ2) is 5.54. The number of amides is 1. The van der Waals surface area contributed by atoms with Crippen LogP contribution in [0.15, 0.2) is 12.1 Å². The summed E-state index contributed by atoms with van der Waals surface area (Å²) in [5.74, 6) is 4.87. The normalized spacial score (nSPS) is 10.7. The summed E-state index contributed by atoms with van der Waals surface area (Å²) >= 11 is 1.44. The fourth-order valence-corrected chi connectivity index (χ4v) is 3.10. The van der Waals surface area contributed by atoms with Crippen molar-refractivity contribution in [1.29, 1.82) is 0 Å². The third-order valence-electron chi connectivity index (χ3n) is 3.21. The van der Waals surface area contributed by atoms with E-state index in [-0.39, 0.29) is 5.91 Å². The van der Waals surface area contributed by atoms with Crippen LogP contribution in [0.3, 0.4) is 0 Å². The quantitative estimate of drug-likeness (QED) is 0.508. The molecule has 0 saturated carbocycles. The van der Waals surface area contributed by atoms with Crippen molar-refractivity contribution in [3.05, 3.63) is 38.8 Å². The van der Waals surface area contributed by atoms with Gasteiger partial charge < -0.3 is 0 Å².